The summed E-state index contributed by atoms with van der Waals surface area (Å²) in [5.74, 6) is -0.213. The van der Waals surface area contributed by atoms with Crippen molar-refractivity contribution in [3.8, 4) is 0 Å². The summed E-state index contributed by atoms with van der Waals surface area (Å²) in [6.45, 7) is 2.70. The molecular formula is C58H103NO13. The number of ether oxygens (including phenoxy) is 4. The minimum Gasteiger partial charge on any atom is -0.394 e. The van der Waals surface area contributed by atoms with Crippen molar-refractivity contribution in [1.29, 1.82) is 0 Å². The maximum absolute atomic E-state index is 13.2. The van der Waals surface area contributed by atoms with Crippen LogP contribution in [0.25, 0.3) is 0 Å². The van der Waals surface area contributed by atoms with E-state index in [-0.39, 0.29) is 12.5 Å². The number of rotatable bonds is 44. The van der Waals surface area contributed by atoms with Crippen LogP contribution in [0.4, 0.5) is 0 Å². The Morgan fingerprint density at radius 1 is 0.514 bits per heavy atom. The van der Waals surface area contributed by atoms with Crippen molar-refractivity contribution in [2.45, 2.75) is 280 Å². The van der Waals surface area contributed by atoms with Crippen LogP contribution in [0.5, 0.6) is 0 Å². The number of unbranched alkanes of at least 4 members (excludes halogenated alkanes) is 21. The molecule has 0 spiro atoms. The molecule has 2 aliphatic heterocycles. The zero-order valence-electron chi connectivity index (χ0n) is 44.7. The predicted molar refractivity (Wildman–Crippen MR) is 286 cm³/mol. The summed E-state index contributed by atoms with van der Waals surface area (Å²) in [7, 11) is 0. The van der Waals surface area contributed by atoms with Gasteiger partial charge in [0.15, 0.2) is 12.6 Å². The molecule has 14 heteroatoms. The summed E-state index contributed by atoms with van der Waals surface area (Å²) in [4.78, 5) is 13.2. The molecular weight excluding hydrogens is 919 g/mol. The first-order chi connectivity index (χ1) is 35.1. The van der Waals surface area contributed by atoms with Crippen LogP contribution in [0.1, 0.15) is 206 Å². The topological polar surface area (TPSA) is 228 Å². The van der Waals surface area contributed by atoms with Crippen LogP contribution in [0.15, 0.2) is 60.8 Å². The molecule has 0 radical (unpaired) electrons. The number of aliphatic hydroxyl groups is 8. The molecule has 1 amide bonds. The largest absolute Gasteiger partial charge is 0.394 e. The normalized spacial score (nSPS) is 26.0. The summed E-state index contributed by atoms with van der Waals surface area (Å²) in [5.41, 5.74) is 0. The number of hydrogen-bond acceptors (Lipinski definition) is 13. The molecule has 12 unspecified atom stereocenters. The van der Waals surface area contributed by atoms with Gasteiger partial charge in [-0.3, -0.25) is 4.79 Å². The quantitative estimate of drug-likeness (QED) is 0.0205. The molecule has 2 heterocycles. The summed E-state index contributed by atoms with van der Waals surface area (Å²) >= 11 is 0. The van der Waals surface area contributed by atoms with E-state index in [0.717, 1.165) is 83.5 Å². The SMILES string of the molecule is CC/C=C\C/C=C\C/C=C\C/C=C\C/C=C\CCCCCCCCCCCCCCCC(=O)NC(COC1OC(CO)C(OC2OC(CO)C(O)C(O)C2O)C(O)C1O)C(O)CCCCCCCCCCC. The van der Waals surface area contributed by atoms with E-state index in [2.05, 4.69) is 79.9 Å². The van der Waals surface area contributed by atoms with Gasteiger partial charge in [-0.1, -0.05) is 203 Å². The third-order valence-corrected chi connectivity index (χ3v) is 13.7. The molecule has 418 valence electrons. The van der Waals surface area contributed by atoms with Crippen molar-refractivity contribution >= 4 is 5.91 Å². The zero-order chi connectivity index (χ0) is 52.4. The highest BCUT2D eigenvalue weighted by atomic mass is 16.7. The molecule has 0 saturated carbocycles. The van der Waals surface area contributed by atoms with Gasteiger partial charge in [0, 0.05) is 6.42 Å². The Hall–Kier alpha value is -2.31. The van der Waals surface area contributed by atoms with Crippen molar-refractivity contribution in [3.05, 3.63) is 60.8 Å². The maximum Gasteiger partial charge on any atom is 0.220 e. The van der Waals surface area contributed by atoms with Crippen LogP contribution in [-0.2, 0) is 23.7 Å². The lowest BCUT2D eigenvalue weighted by molar-refractivity contribution is -0.359. The van der Waals surface area contributed by atoms with Gasteiger partial charge in [0.25, 0.3) is 0 Å². The van der Waals surface area contributed by atoms with E-state index in [1.54, 1.807) is 0 Å². The highest BCUT2D eigenvalue weighted by molar-refractivity contribution is 5.76. The Morgan fingerprint density at radius 2 is 0.958 bits per heavy atom. The van der Waals surface area contributed by atoms with Gasteiger partial charge < -0.3 is 65.1 Å². The molecule has 72 heavy (non-hydrogen) atoms. The smallest absolute Gasteiger partial charge is 0.220 e. The number of hydrogen-bond donors (Lipinski definition) is 9. The maximum atomic E-state index is 13.2. The molecule has 2 fully saturated rings. The van der Waals surface area contributed by atoms with E-state index in [1.165, 1.54) is 96.3 Å². The molecule has 0 aromatic rings. The minimum atomic E-state index is -1.78. The van der Waals surface area contributed by atoms with Crippen LogP contribution in [-0.4, -0.2) is 140 Å². The van der Waals surface area contributed by atoms with Gasteiger partial charge in [-0.25, -0.2) is 0 Å². The minimum absolute atomic E-state index is 0.213. The van der Waals surface area contributed by atoms with Gasteiger partial charge >= 0.3 is 0 Å². The van der Waals surface area contributed by atoms with Crippen molar-refractivity contribution in [3.63, 3.8) is 0 Å². The molecule has 14 nitrogen and oxygen atoms in total. The second-order valence-electron chi connectivity index (χ2n) is 20.0. The molecule has 9 N–H and O–H groups in total. The van der Waals surface area contributed by atoms with Crippen molar-refractivity contribution in [1.82, 2.24) is 5.32 Å². The van der Waals surface area contributed by atoms with E-state index in [1.807, 2.05) is 0 Å². The van der Waals surface area contributed by atoms with E-state index in [4.69, 9.17) is 18.9 Å². The fraction of sp³-hybridized carbons (Fsp3) is 0.810. The van der Waals surface area contributed by atoms with Gasteiger partial charge in [0.2, 0.25) is 5.91 Å². The molecule has 0 aromatic heterocycles. The average Bonchev–Trinajstić information content (AvgIpc) is 3.38. The van der Waals surface area contributed by atoms with Crippen molar-refractivity contribution in [2.75, 3.05) is 19.8 Å². The summed E-state index contributed by atoms with van der Waals surface area (Å²) in [5, 5.41) is 86.9. The van der Waals surface area contributed by atoms with Crippen LogP contribution in [0, 0.1) is 0 Å². The zero-order valence-corrected chi connectivity index (χ0v) is 44.7. The number of carbonyl (C=O) groups excluding carboxylic acids is 1. The number of allylic oxidation sites excluding steroid dienone is 10. The lowest BCUT2D eigenvalue weighted by Gasteiger charge is -2.46. The van der Waals surface area contributed by atoms with Gasteiger partial charge in [-0.2, -0.15) is 0 Å². The predicted octanol–water partition coefficient (Wildman–Crippen LogP) is 9.00. The van der Waals surface area contributed by atoms with Gasteiger partial charge in [0.05, 0.1) is 32.0 Å². The molecule has 0 aliphatic carbocycles. The van der Waals surface area contributed by atoms with Crippen LogP contribution in [0.2, 0.25) is 0 Å². The van der Waals surface area contributed by atoms with Gasteiger partial charge in [0.1, 0.15) is 48.8 Å². The Bertz CT molecular complexity index is 1440. The first kappa shape index (κ1) is 65.8. The molecule has 2 aliphatic rings. The molecule has 12 atom stereocenters. The summed E-state index contributed by atoms with van der Waals surface area (Å²) < 4.78 is 22.7. The Morgan fingerprint density at radius 3 is 1.47 bits per heavy atom. The Labute approximate surface area is 435 Å². The number of amides is 1. The highest BCUT2D eigenvalue weighted by Crippen LogP contribution is 2.30. The third kappa shape index (κ3) is 29.7. The summed E-state index contributed by atoms with van der Waals surface area (Å²) in [6, 6.07) is -0.829. The second kappa shape index (κ2) is 43.9. The Balaban J connectivity index is 1.66. The second-order valence-corrected chi connectivity index (χ2v) is 20.0. The third-order valence-electron chi connectivity index (χ3n) is 13.7. The van der Waals surface area contributed by atoms with E-state index >= 15 is 0 Å². The van der Waals surface area contributed by atoms with Crippen LogP contribution in [0.3, 0.4) is 0 Å². The van der Waals surface area contributed by atoms with Gasteiger partial charge in [-0.05, 0) is 57.8 Å². The van der Waals surface area contributed by atoms with Crippen LogP contribution >= 0.6 is 0 Å². The van der Waals surface area contributed by atoms with Crippen LogP contribution < -0.4 is 5.32 Å². The molecule has 0 aromatic carbocycles. The lowest BCUT2D eigenvalue weighted by Crippen LogP contribution is -2.65. The monoisotopic (exact) mass is 1020 g/mol. The first-order valence-corrected chi connectivity index (χ1v) is 28.5. The molecule has 2 saturated heterocycles. The fourth-order valence-corrected chi connectivity index (χ4v) is 9.15. The number of aliphatic hydroxyl groups excluding tert-OH is 8. The van der Waals surface area contributed by atoms with E-state index in [0.29, 0.717) is 12.8 Å². The van der Waals surface area contributed by atoms with Gasteiger partial charge in [-0.15, -0.1) is 0 Å². The highest BCUT2D eigenvalue weighted by Gasteiger charge is 2.51. The summed E-state index contributed by atoms with van der Waals surface area (Å²) in [6.07, 6.45) is 38.2. The van der Waals surface area contributed by atoms with Crippen molar-refractivity contribution in [2.24, 2.45) is 0 Å². The molecule has 0 bridgehead atoms. The molecule has 2 rings (SSSR count). The Kier molecular flexibility index (Phi) is 40.1. The number of nitrogens with one attached hydrogen (secondary N) is 1. The van der Waals surface area contributed by atoms with E-state index < -0.39 is 86.8 Å². The lowest BCUT2D eigenvalue weighted by atomic mass is 9.97. The van der Waals surface area contributed by atoms with E-state index in [9.17, 15) is 45.6 Å². The standard InChI is InChI=1S/C58H103NO13/c1-3-5-7-9-11-13-14-15-16-17-18-19-20-21-22-23-24-25-26-27-28-29-30-31-32-34-36-38-40-42-50(63)59-46(47(62)41-39-37-35-33-12-10-8-6-4-2)45-69-57-55(68)53(66)56(49(44-61)71-57)72-58-54(67)52(65)51(64)48(43-60)70-58/h5,7,11,13,15-16,18-19,21-22,46-49,51-58,60-62,64-68H,3-4,6,8-10,12,14,17,20,23-45H2,1-2H3,(H,59,63)/b7-5-,13-11-,16-15-,19-18-,22-21-. The fourth-order valence-electron chi connectivity index (χ4n) is 9.15. The number of carbonyl (C=O) groups is 1. The first-order valence-electron chi connectivity index (χ1n) is 28.5. The average molecular weight is 1020 g/mol. The van der Waals surface area contributed by atoms with Crippen molar-refractivity contribution < 1.29 is 64.6 Å².